The number of methoxy groups -OCH3 is 1. The summed E-state index contributed by atoms with van der Waals surface area (Å²) in [5, 5.41) is 1.37. The summed E-state index contributed by atoms with van der Waals surface area (Å²) in [5.41, 5.74) is 0.414. The molecule has 26 heavy (non-hydrogen) atoms. The first-order valence-corrected chi connectivity index (χ1v) is 9.90. The van der Waals surface area contributed by atoms with Gasteiger partial charge in [0.2, 0.25) is 0 Å². The molecule has 3 nitrogen and oxygen atoms in total. The zero-order valence-electron chi connectivity index (χ0n) is 16.7. The predicted octanol–water partition coefficient (Wildman–Crippen LogP) is 2.57. The molecule has 6 heteroatoms. The molecule has 136 valence electrons. The number of rotatable bonds is 10. The van der Waals surface area contributed by atoms with E-state index in [-0.39, 0.29) is 34.4 Å². The SMILES string of the molecule is CCCCCCOc1ccc(PC(=O)c2c(Cl)cccc2OC)cc1.[H-].[Li+]. The second-order valence-corrected chi connectivity index (χ2v) is 7.39. The van der Waals surface area contributed by atoms with Crippen molar-refractivity contribution in [2.75, 3.05) is 13.7 Å². The van der Waals surface area contributed by atoms with Crippen LogP contribution >= 0.6 is 20.2 Å². The largest absolute Gasteiger partial charge is 1.00 e. The van der Waals surface area contributed by atoms with Crippen molar-refractivity contribution in [1.29, 1.82) is 0 Å². The maximum Gasteiger partial charge on any atom is 1.00 e. The van der Waals surface area contributed by atoms with Gasteiger partial charge in [-0.05, 0) is 44.6 Å². The fourth-order valence-electron chi connectivity index (χ4n) is 2.44. The molecular formula is C20H25ClLiO3P. The third-order valence-electron chi connectivity index (χ3n) is 3.80. The maximum absolute atomic E-state index is 12.6. The third kappa shape index (κ3) is 6.97. The van der Waals surface area contributed by atoms with Crippen molar-refractivity contribution in [2.24, 2.45) is 0 Å². The molecule has 2 aromatic carbocycles. The second kappa shape index (κ2) is 12.4. The van der Waals surface area contributed by atoms with Gasteiger partial charge in [-0.2, -0.15) is 0 Å². The number of hydrogen-bond acceptors (Lipinski definition) is 3. The summed E-state index contributed by atoms with van der Waals surface area (Å²) in [6, 6.07) is 12.9. The Morgan fingerprint density at radius 2 is 1.85 bits per heavy atom. The van der Waals surface area contributed by atoms with Crippen LogP contribution in [0.3, 0.4) is 0 Å². The van der Waals surface area contributed by atoms with Crippen molar-refractivity contribution in [3.63, 3.8) is 0 Å². The number of halogens is 1. The Hall–Kier alpha value is -0.973. The van der Waals surface area contributed by atoms with E-state index in [1.807, 2.05) is 24.3 Å². The van der Waals surface area contributed by atoms with Gasteiger partial charge in [-0.15, -0.1) is 0 Å². The summed E-state index contributed by atoms with van der Waals surface area (Å²) in [6.45, 7) is 2.93. The first-order chi connectivity index (χ1) is 12.2. The van der Waals surface area contributed by atoms with Crippen LogP contribution in [0.4, 0.5) is 0 Å². The molecule has 0 spiro atoms. The predicted molar refractivity (Wildman–Crippen MR) is 107 cm³/mol. The summed E-state index contributed by atoms with van der Waals surface area (Å²) in [7, 11) is 1.53. The summed E-state index contributed by atoms with van der Waals surface area (Å²) in [6.07, 6.45) is 4.74. The van der Waals surface area contributed by atoms with Crippen LogP contribution in [-0.4, -0.2) is 19.2 Å². The van der Waals surface area contributed by atoms with E-state index < -0.39 is 0 Å². The molecule has 0 aliphatic carbocycles. The molecule has 0 aliphatic heterocycles. The molecular weight excluding hydrogens is 362 g/mol. The van der Waals surface area contributed by atoms with E-state index >= 15 is 0 Å². The number of ether oxygens (including phenoxy) is 2. The Kier molecular flexibility index (Phi) is 11.0. The van der Waals surface area contributed by atoms with E-state index in [4.69, 9.17) is 21.1 Å². The molecule has 0 aromatic heterocycles. The van der Waals surface area contributed by atoms with Crippen molar-refractivity contribution in [2.45, 2.75) is 32.6 Å². The molecule has 0 radical (unpaired) electrons. The number of benzene rings is 2. The molecule has 0 bridgehead atoms. The van der Waals surface area contributed by atoms with Crippen LogP contribution in [0.5, 0.6) is 11.5 Å². The van der Waals surface area contributed by atoms with Gasteiger partial charge < -0.3 is 10.9 Å². The smallest absolute Gasteiger partial charge is 1.00 e. The molecule has 1 atom stereocenters. The Balaban J connectivity index is 0.00000338. The zero-order chi connectivity index (χ0) is 18.1. The van der Waals surface area contributed by atoms with E-state index in [0.29, 0.717) is 16.3 Å². The Morgan fingerprint density at radius 3 is 2.50 bits per heavy atom. The van der Waals surface area contributed by atoms with Gasteiger partial charge in [0.05, 0.1) is 24.3 Å². The van der Waals surface area contributed by atoms with Gasteiger partial charge in [0.25, 0.3) is 0 Å². The van der Waals surface area contributed by atoms with Gasteiger partial charge in [0, 0.05) is 0 Å². The molecule has 0 heterocycles. The number of carbonyl (C=O) groups excluding carboxylic acids is 1. The molecule has 0 saturated carbocycles. The van der Waals surface area contributed by atoms with Crippen LogP contribution in [0.25, 0.3) is 0 Å². The zero-order valence-corrected chi connectivity index (χ0v) is 17.4. The minimum atomic E-state index is -0.0318. The van der Waals surface area contributed by atoms with Crippen LogP contribution in [0.15, 0.2) is 42.5 Å². The minimum Gasteiger partial charge on any atom is -1.00 e. The van der Waals surface area contributed by atoms with Crippen molar-refractivity contribution < 1.29 is 34.6 Å². The van der Waals surface area contributed by atoms with Gasteiger partial charge in [-0.3, -0.25) is 4.79 Å². The van der Waals surface area contributed by atoms with Gasteiger partial charge in [-0.1, -0.05) is 56.0 Å². The van der Waals surface area contributed by atoms with E-state index in [2.05, 4.69) is 6.92 Å². The summed E-state index contributed by atoms with van der Waals surface area (Å²) >= 11 is 6.17. The van der Waals surface area contributed by atoms with Crippen LogP contribution in [0.1, 0.15) is 44.4 Å². The Labute approximate surface area is 176 Å². The van der Waals surface area contributed by atoms with E-state index in [1.54, 1.807) is 18.2 Å². The van der Waals surface area contributed by atoms with Crippen LogP contribution in [-0.2, 0) is 0 Å². The monoisotopic (exact) mass is 386 g/mol. The quantitative estimate of drug-likeness (QED) is 0.358. The van der Waals surface area contributed by atoms with E-state index in [1.165, 1.54) is 26.4 Å². The molecule has 0 fully saturated rings. The fraction of sp³-hybridized carbons (Fsp3) is 0.350. The summed E-state index contributed by atoms with van der Waals surface area (Å²) in [4.78, 5) is 12.6. The first kappa shape index (κ1) is 23.1. The van der Waals surface area contributed by atoms with Crippen molar-refractivity contribution in [3.05, 3.63) is 53.1 Å². The van der Waals surface area contributed by atoms with Crippen LogP contribution < -0.4 is 33.6 Å². The summed E-state index contributed by atoms with van der Waals surface area (Å²) in [5.74, 6) is 1.35. The Morgan fingerprint density at radius 1 is 1.12 bits per heavy atom. The van der Waals surface area contributed by atoms with Gasteiger partial charge >= 0.3 is 18.9 Å². The van der Waals surface area contributed by atoms with Crippen molar-refractivity contribution in [3.8, 4) is 11.5 Å². The summed E-state index contributed by atoms with van der Waals surface area (Å²) < 4.78 is 11.0. The van der Waals surface area contributed by atoms with Gasteiger partial charge in [-0.25, -0.2) is 0 Å². The average molecular weight is 387 g/mol. The molecule has 0 amide bonds. The molecule has 0 N–H and O–H groups in total. The number of unbranched alkanes of at least 4 members (excludes halogenated alkanes) is 3. The van der Waals surface area contributed by atoms with E-state index in [9.17, 15) is 4.79 Å². The topological polar surface area (TPSA) is 35.5 Å². The Bertz CT molecular complexity index is 698. The molecule has 2 rings (SSSR count). The molecule has 1 unspecified atom stereocenters. The normalized spacial score (nSPS) is 10.6. The van der Waals surface area contributed by atoms with Crippen molar-refractivity contribution in [1.82, 2.24) is 0 Å². The number of hydrogen-bond donors (Lipinski definition) is 0. The molecule has 2 aromatic rings. The minimum absolute atomic E-state index is 0. The van der Waals surface area contributed by atoms with Crippen molar-refractivity contribution >= 4 is 31.0 Å². The number of carbonyl (C=O) groups is 1. The molecule has 0 aliphatic rings. The second-order valence-electron chi connectivity index (χ2n) is 5.70. The van der Waals surface area contributed by atoms with E-state index in [0.717, 1.165) is 24.1 Å². The van der Waals surface area contributed by atoms with Crippen LogP contribution in [0.2, 0.25) is 5.02 Å². The van der Waals surface area contributed by atoms with Crippen LogP contribution in [0, 0.1) is 0 Å². The standard InChI is InChI=1S/C20H24ClO3P.Li.H/c1-3-4-5-6-14-24-15-10-12-16(13-11-15)25-20(22)19-17(21)8-7-9-18(19)23-2;;/h7-13,25H,3-6,14H2,1-2H3;;/q;+1;-1. The fourth-order valence-corrected chi connectivity index (χ4v) is 3.75. The van der Waals surface area contributed by atoms with Gasteiger partial charge in [0.15, 0.2) is 5.52 Å². The average Bonchev–Trinajstić information content (AvgIpc) is 2.62. The third-order valence-corrected chi connectivity index (χ3v) is 5.22. The first-order valence-electron chi connectivity index (χ1n) is 8.52. The van der Waals surface area contributed by atoms with Gasteiger partial charge in [0.1, 0.15) is 11.5 Å². The maximum atomic E-state index is 12.6. The molecule has 0 saturated heterocycles.